The van der Waals surface area contributed by atoms with Crippen molar-refractivity contribution >= 4 is 5.97 Å². The Morgan fingerprint density at radius 2 is 0.719 bits per heavy atom. The number of unbranched alkanes of at least 4 members (excludes halogenated alkanes) is 16. The Balaban J connectivity index is -0.000000268. The van der Waals surface area contributed by atoms with E-state index >= 15 is 0 Å². The van der Waals surface area contributed by atoms with E-state index in [1.807, 2.05) is 0 Å². The Morgan fingerprint density at radius 3 is 0.938 bits per heavy atom. The molecule has 0 heterocycles. The molecule has 5 heteroatoms. The second kappa shape index (κ2) is 44.1. The van der Waals surface area contributed by atoms with Gasteiger partial charge in [-0.3, -0.25) is 4.79 Å². The van der Waals surface area contributed by atoms with Crippen molar-refractivity contribution in [2.45, 2.75) is 150 Å². The van der Waals surface area contributed by atoms with Crippen LogP contribution in [0.25, 0.3) is 0 Å². The maximum absolute atomic E-state index is 10.3. The summed E-state index contributed by atoms with van der Waals surface area (Å²) in [5.74, 6) is -0.653. The first-order valence-corrected chi connectivity index (χ1v) is 13.6. The summed E-state index contributed by atoms with van der Waals surface area (Å²) >= 11 is 0. The molecule has 0 aromatic rings. The van der Waals surface area contributed by atoms with Gasteiger partial charge >= 0.3 is 5.97 Å². The van der Waals surface area contributed by atoms with Crippen LogP contribution in [0.5, 0.6) is 0 Å². The van der Waals surface area contributed by atoms with Gasteiger partial charge in [0.2, 0.25) is 0 Å². The van der Waals surface area contributed by atoms with Crippen molar-refractivity contribution in [3.05, 3.63) is 0 Å². The summed E-state index contributed by atoms with van der Waals surface area (Å²) < 4.78 is 0. The third-order valence-electron chi connectivity index (χ3n) is 4.76. The fourth-order valence-corrected chi connectivity index (χ4v) is 3.01. The van der Waals surface area contributed by atoms with Crippen LogP contribution in [0.3, 0.4) is 0 Å². The minimum absolute atomic E-state index is 0.250. The molecule has 0 saturated heterocycles. The van der Waals surface area contributed by atoms with Gasteiger partial charge in [-0.15, -0.1) is 0 Å². The van der Waals surface area contributed by atoms with Crippen molar-refractivity contribution in [2.75, 3.05) is 19.8 Å². The molecule has 0 aromatic heterocycles. The molecule has 0 aromatic carbocycles. The second-order valence-corrected chi connectivity index (χ2v) is 8.16. The molecular formula is C27H60O5. The molecule has 0 bridgehead atoms. The molecule has 0 saturated carbocycles. The lowest BCUT2D eigenvalue weighted by molar-refractivity contribution is -0.137. The van der Waals surface area contributed by atoms with Crippen LogP contribution in [0.15, 0.2) is 0 Å². The maximum Gasteiger partial charge on any atom is 0.303 e. The van der Waals surface area contributed by atoms with Crippen LogP contribution in [0.4, 0.5) is 0 Å². The summed E-state index contributed by atoms with van der Waals surface area (Å²) in [5, 5.41) is 31.9. The smallest absolute Gasteiger partial charge is 0.303 e. The molecule has 0 rings (SSSR count). The number of carboxylic acid groups (broad SMARTS) is 1. The molecule has 0 unspecified atom stereocenters. The minimum Gasteiger partial charge on any atom is -0.481 e. The highest BCUT2D eigenvalue weighted by Crippen LogP contribution is 2.13. The lowest BCUT2D eigenvalue weighted by Crippen LogP contribution is -1.93. The molecule has 0 spiro atoms. The van der Waals surface area contributed by atoms with Gasteiger partial charge < -0.3 is 20.4 Å². The molecule has 0 aliphatic carbocycles. The predicted octanol–water partition coefficient (Wildman–Crippen LogP) is 7.50. The monoisotopic (exact) mass is 464 g/mol. The number of aliphatic hydroxyl groups is 3. The van der Waals surface area contributed by atoms with Gasteiger partial charge in [-0.05, 0) is 26.7 Å². The van der Waals surface area contributed by atoms with E-state index in [2.05, 4.69) is 13.8 Å². The predicted molar refractivity (Wildman–Crippen MR) is 139 cm³/mol. The van der Waals surface area contributed by atoms with Gasteiger partial charge in [0.25, 0.3) is 0 Å². The first-order chi connectivity index (χ1) is 15.5. The van der Waals surface area contributed by atoms with Crippen LogP contribution in [0, 0.1) is 0 Å². The molecule has 0 amide bonds. The van der Waals surface area contributed by atoms with E-state index in [1.54, 1.807) is 13.8 Å². The van der Waals surface area contributed by atoms with Crippen molar-refractivity contribution < 1.29 is 25.2 Å². The van der Waals surface area contributed by atoms with Gasteiger partial charge in [-0.1, -0.05) is 117 Å². The van der Waals surface area contributed by atoms with Crippen LogP contribution in [0.2, 0.25) is 0 Å². The van der Waals surface area contributed by atoms with E-state index in [1.165, 1.54) is 89.9 Å². The van der Waals surface area contributed by atoms with E-state index < -0.39 is 5.97 Å². The molecule has 0 fully saturated rings. The fraction of sp³-hybridized carbons (Fsp3) is 0.963. The van der Waals surface area contributed by atoms with Crippen LogP contribution >= 0.6 is 0 Å². The maximum atomic E-state index is 10.3. The van der Waals surface area contributed by atoms with Crippen molar-refractivity contribution in [1.82, 2.24) is 0 Å². The normalized spacial score (nSPS) is 9.59. The quantitative estimate of drug-likeness (QED) is 0.148. The summed E-state index contributed by atoms with van der Waals surface area (Å²) in [4.78, 5) is 10.3. The largest absolute Gasteiger partial charge is 0.481 e. The Kier molecular flexibility index (Phi) is 53.2. The average Bonchev–Trinajstić information content (AvgIpc) is 2.76. The highest BCUT2D eigenvalue weighted by atomic mass is 16.4. The summed E-state index contributed by atoms with van der Waals surface area (Å²) in [6.07, 6.45) is 23.5. The second-order valence-electron chi connectivity index (χ2n) is 8.16. The Labute approximate surface area is 201 Å². The lowest BCUT2D eigenvalue weighted by atomic mass is 10.0. The van der Waals surface area contributed by atoms with Crippen LogP contribution < -0.4 is 0 Å². The zero-order valence-electron chi connectivity index (χ0n) is 22.3. The van der Waals surface area contributed by atoms with Gasteiger partial charge in [0.05, 0.1) is 0 Å². The van der Waals surface area contributed by atoms with Gasteiger partial charge in [0, 0.05) is 26.2 Å². The number of hydrogen-bond acceptors (Lipinski definition) is 4. The summed E-state index contributed by atoms with van der Waals surface area (Å²) in [7, 11) is 0. The lowest BCUT2D eigenvalue weighted by Gasteiger charge is -2.03. The van der Waals surface area contributed by atoms with E-state index in [0.29, 0.717) is 13.0 Å². The molecule has 0 aliphatic heterocycles. The zero-order chi connectivity index (χ0) is 25.1. The Hall–Kier alpha value is -0.650. The third kappa shape index (κ3) is 63.0. The van der Waals surface area contributed by atoms with E-state index in [9.17, 15) is 4.79 Å². The zero-order valence-corrected chi connectivity index (χ0v) is 22.3. The number of aliphatic carboxylic acids is 1. The molecule has 0 atom stereocenters. The SMILES string of the molecule is CCCCCCCCCCCCCCCCCC(=O)O.CCCCCO.CCO.CCO. The number of carboxylic acids is 1. The topological polar surface area (TPSA) is 98.0 Å². The third-order valence-corrected chi connectivity index (χ3v) is 4.76. The molecule has 0 radical (unpaired) electrons. The molecule has 198 valence electrons. The summed E-state index contributed by atoms with van der Waals surface area (Å²) in [6, 6.07) is 0. The highest BCUT2D eigenvalue weighted by Gasteiger charge is 1.97. The van der Waals surface area contributed by atoms with E-state index in [4.69, 9.17) is 20.4 Å². The fourth-order valence-electron chi connectivity index (χ4n) is 3.01. The standard InChI is InChI=1S/C18H36O2.C5H12O.2C2H6O/c1-2-3-4-5-6-7-8-9-10-11-12-13-14-15-16-17-18(19)20;1-2-3-4-5-6;2*1-2-3/h2-17H2,1H3,(H,19,20);6H,2-5H2,1H3;2*3H,2H2,1H3. The molecular weight excluding hydrogens is 404 g/mol. The number of carbonyl (C=O) groups is 1. The number of rotatable bonds is 19. The number of hydrogen-bond donors (Lipinski definition) is 4. The highest BCUT2D eigenvalue weighted by molar-refractivity contribution is 5.66. The molecule has 32 heavy (non-hydrogen) atoms. The first kappa shape index (κ1) is 38.6. The minimum atomic E-state index is -0.653. The van der Waals surface area contributed by atoms with Crippen molar-refractivity contribution in [3.8, 4) is 0 Å². The van der Waals surface area contributed by atoms with E-state index in [0.717, 1.165) is 25.7 Å². The van der Waals surface area contributed by atoms with Crippen molar-refractivity contribution in [1.29, 1.82) is 0 Å². The van der Waals surface area contributed by atoms with E-state index in [-0.39, 0.29) is 13.2 Å². The molecule has 0 aliphatic rings. The molecule has 5 nitrogen and oxygen atoms in total. The summed E-state index contributed by atoms with van der Waals surface area (Å²) in [6.45, 7) is 8.61. The average molecular weight is 465 g/mol. The van der Waals surface area contributed by atoms with Crippen LogP contribution in [-0.4, -0.2) is 46.2 Å². The molecule has 4 N–H and O–H groups in total. The van der Waals surface area contributed by atoms with Crippen LogP contribution in [0.1, 0.15) is 150 Å². The summed E-state index contributed by atoms with van der Waals surface area (Å²) in [5.41, 5.74) is 0. The Bertz CT molecular complexity index is 279. The number of aliphatic hydroxyl groups excluding tert-OH is 3. The van der Waals surface area contributed by atoms with Crippen molar-refractivity contribution in [3.63, 3.8) is 0 Å². The van der Waals surface area contributed by atoms with Gasteiger partial charge in [0.1, 0.15) is 0 Å². The van der Waals surface area contributed by atoms with Gasteiger partial charge in [-0.2, -0.15) is 0 Å². The van der Waals surface area contributed by atoms with Gasteiger partial charge in [-0.25, -0.2) is 0 Å². The van der Waals surface area contributed by atoms with Gasteiger partial charge in [0.15, 0.2) is 0 Å². The van der Waals surface area contributed by atoms with Crippen molar-refractivity contribution in [2.24, 2.45) is 0 Å². The Morgan fingerprint density at radius 1 is 0.469 bits per heavy atom. The van der Waals surface area contributed by atoms with Crippen LogP contribution in [-0.2, 0) is 4.79 Å². The first-order valence-electron chi connectivity index (χ1n) is 13.6.